The molecule has 0 aromatic heterocycles. The molecule has 0 saturated carbocycles. The smallest absolute Gasteiger partial charge is 0.0330 e. The molecule has 0 saturated heterocycles. The molecule has 56 valence electrons. The third-order valence-corrected chi connectivity index (χ3v) is 3.32. The van der Waals surface area contributed by atoms with E-state index in [0.717, 1.165) is 11.8 Å². The van der Waals surface area contributed by atoms with E-state index in [1.165, 1.54) is 20.9 Å². The first kappa shape index (κ1) is 9.43. The Kier molecular flexibility index (Phi) is 5.48. The van der Waals surface area contributed by atoms with E-state index in [9.17, 15) is 0 Å². The average molecular weight is 146 g/mol. The largest absolute Gasteiger partial charge is 0.122 e. The lowest BCUT2D eigenvalue weighted by Gasteiger charge is -2.06. The van der Waals surface area contributed by atoms with Crippen LogP contribution in [0.4, 0.5) is 0 Å². The van der Waals surface area contributed by atoms with Crippen molar-refractivity contribution < 1.29 is 0 Å². The van der Waals surface area contributed by atoms with Crippen LogP contribution in [0.15, 0.2) is 0 Å². The van der Waals surface area contributed by atoms with Crippen molar-refractivity contribution in [2.24, 2.45) is 11.8 Å². The van der Waals surface area contributed by atoms with Crippen molar-refractivity contribution in [2.45, 2.75) is 27.7 Å². The van der Waals surface area contributed by atoms with E-state index in [2.05, 4.69) is 27.7 Å². The molecule has 0 unspecified atom stereocenters. The zero-order valence-corrected chi connectivity index (χ0v) is 8.07. The highest BCUT2D eigenvalue weighted by Crippen LogP contribution is 2.17. The Morgan fingerprint density at radius 2 is 1.22 bits per heavy atom. The van der Waals surface area contributed by atoms with Crippen LogP contribution in [-0.4, -0.2) is 12.3 Å². The van der Waals surface area contributed by atoms with Gasteiger partial charge in [0.15, 0.2) is 0 Å². The minimum absolute atomic E-state index is 0.905. The van der Waals surface area contributed by atoms with Crippen molar-refractivity contribution in [2.75, 3.05) is 12.3 Å². The van der Waals surface area contributed by atoms with Crippen LogP contribution in [0.2, 0.25) is 0 Å². The molecule has 0 nitrogen and oxygen atoms in total. The molecule has 0 aliphatic carbocycles. The van der Waals surface area contributed by atoms with Gasteiger partial charge in [-0.2, -0.15) is 0 Å². The monoisotopic (exact) mass is 146 g/mol. The molecule has 0 fully saturated rings. The summed E-state index contributed by atoms with van der Waals surface area (Å²) in [6.07, 6.45) is 2.86. The average Bonchev–Trinajstić information content (AvgIpc) is 1.63. The molecule has 1 heteroatoms. The fourth-order valence-corrected chi connectivity index (χ4v) is 1.98. The maximum Gasteiger partial charge on any atom is -0.0330 e. The third-order valence-electron chi connectivity index (χ3n) is 1.11. The SMILES string of the molecule is CC(C)CPCC(C)C. The van der Waals surface area contributed by atoms with Gasteiger partial charge in [-0.05, 0) is 24.2 Å². The summed E-state index contributed by atoms with van der Waals surface area (Å²) >= 11 is 0. The number of rotatable bonds is 4. The van der Waals surface area contributed by atoms with E-state index < -0.39 is 0 Å². The van der Waals surface area contributed by atoms with Crippen molar-refractivity contribution in [3.63, 3.8) is 0 Å². The van der Waals surface area contributed by atoms with E-state index in [0.29, 0.717) is 0 Å². The standard InChI is InChI=1S/C8H19P/c1-7(2)5-9-6-8(3)4/h7-9H,5-6H2,1-4H3. The molecule has 9 heavy (non-hydrogen) atoms. The third kappa shape index (κ3) is 8.43. The van der Waals surface area contributed by atoms with E-state index in [1.54, 1.807) is 0 Å². The zero-order chi connectivity index (χ0) is 7.28. The van der Waals surface area contributed by atoms with Gasteiger partial charge in [0.25, 0.3) is 0 Å². The van der Waals surface area contributed by atoms with Crippen LogP contribution in [0.3, 0.4) is 0 Å². The first-order valence-electron chi connectivity index (χ1n) is 3.83. The van der Waals surface area contributed by atoms with Crippen LogP contribution >= 0.6 is 8.58 Å². The second-order valence-corrected chi connectivity index (χ2v) is 4.76. The Labute approximate surface area is 61.2 Å². The fraction of sp³-hybridized carbons (Fsp3) is 1.00. The normalized spacial score (nSPS) is 11.3. The lowest BCUT2D eigenvalue weighted by atomic mass is 10.3. The highest BCUT2D eigenvalue weighted by atomic mass is 31.1. The first-order valence-corrected chi connectivity index (χ1v) is 5.25. The van der Waals surface area contributed by atoms with Gasteiger partial charge in [-0.15, -0.1) is 8.58 Å². The molecule has 0 rings (SSSR count). The highest BCUT2D eigenvalue weighted by molar-refractivity contribution is 7.37. The van der Waals surface area contributed by atoms with Crippen molar-refractivity contribution >= 4 is 8.58 Å². The summed E-state index contributed by atoms with van der Waals surface area (Å²) in [7, 11) is 1.19. The number of hydrogen-bond donors (Lipinski definition) is 0. The quantitative estimate of drug-likeness (QED) is 0.535. The van der Waals surface area contributed by atoms with E-state index >= 15 is 0 Å². The lowest BCUT2D eigenvalue weighted by Crippen LogP contribution is -1.94. The second kappa shape index (κ2) is 5.23. The molecule has 0 atom stereocenters. The van der Waals surface area contributed by atoms with Gasteiger partial charge in [0.1, 0.15) is 0 Å². The molecular weight excluding hydrogens is 127 g/mol. The van der Waals surface area contributed by atoms with E-state index in [-0.39, 0.29) is 0 Å². The van der Waals surface area contributed by atoms with Crippen molar-refractivity contribution in [1.82, 2.24) is 0 Å². The summed E-state index contributed by atoms with van der Waals surface area (Å²) in [5, 5.41) is 0. The Hall–Kier alpha value is 0.430. The summed E-state index contributed by atoms with van der Waals surface area (Å²) in [6, 6.07) is 0. The van der Waals surface area contributed by atoms with Crippen molar-refractivity contribution in [3.05, 3.63) is 0 Å². The molecule has 0 N–H and O–H groups in total. The van der Waals surface area contributed by atoms with E-state index in [4.69, 9.17) is 0 Å². The molecular formula is C8H19P. The summed E-state index contributed by atoms with van der Waals surface area (Å²) in [5.41, 5.74) is 0. The van der Waals surface area contributed by atoms with Gasteiger partial charge >= 0.3 is 0 Å². The van der Waals surface area contributed by atoms with E-state index in [1.807, 2.05) is 0 Å². The van der Waals surface area contributed by atoms with Gasteiger partial charge in [-0.3, -0.25) is 0 Å². The van der Waals surface area contributed by atoms with Crippen molar-refractivity contribution in [3.8, 4) is 0 Å². The molecule has 0 spiro atoms. The molecule has 0 heterocycles. The fourth-order valence-electron chi connectivity index (χ4n) is 0.661. The maximum absolute atomic E-state index is 2.30. The molecule has 0 amide bonds. The van der Waals surface area contributed by atoms with Gasteiger partial charge in [0, 0.05) is 0 Å². The zero-order valence-electron chi connectivity index (χ0n) is 7.07. The summed E-state index contributed by atoms with van der Waals surface area (Å²) < 4.78 is 0. The minimum Gasteiger partial charge on any atom is -0.122 e. The van der Waals surface area contributed by atoms with Gasteiger partial charge in [0.05, 0.1) is 0 Å². The minimum atomic E-state index is 0.905. The molecule has 0 aromatic carbocycles. The van der Waals surface area contributed by atoms with Crippen LogP contribution in [0, 0.1) is 11.8 Å². The predicted octanol–water partition coefficient (Wildman–Crippen LogP) is 2.98. The Bertz CT molecular complexity index is 49.6. The predicted molar refractivity (Wildman–Crippen MR) is 47.7 cm³/mol. The molecule has 0 aliphatic rings. The van der Waals surface area contributed by atoms with Gasteiger partial charge < -0.3 is 0 Å². The topological polar surface area (TPSA) is 0 Å². The van der Waals surface area contributed by atoms with Gasteiger partial charge in [-0.25, -0.2) is 0 Å². The Balaban J connectivity index is 2.91. The van der Waals surface area contributed by atoms with Crippen LogP contribution < -0.4 is 0 Å². The van der Waals surface area contributed by atoms with Crippen LogP contribution in [0.25, 0.3) is 0 Å². The highest BCUT2D eigenvalue weighted by Gasteiger charge is 1.95. The molecule has 0 radical (unpaired) electrons. The summed E-state index contributed by atoms with van der Waals surface area (Å²) in [6.45, 7) is 9.20. The lowest BCUT2D eigenvalue weighted by molar-refractivity contribution is 0.725. The Morgan fingerprint density at radius 3 is 1.44 bits per heavy atom. The van der Waals surface area contributed by atoms with Gasteiger partial charge in [0.2, 0.25) is 0 Å². The van der Waals surface area contributed by atoms with Crippen molar-refractivity contribution in [1.29, 1.82) is 0 Å². The number of hydrogen-bond acceptors (Lipinski definition) is 0. The van der Waals surface area contributed by atoms with Crippen LogP contribution in [0.1, 0.15) is 27.7 Å². The van der Waals surface area contributed by atoms with Gasteiger partial charge in [-0.1, -0.05) is 27.7 Å². The molecule has 0 bridgehead atoms. The second-order valence-electron chi connectivity index (χ2n) is 3.45. The summed E-state index contributed by atoms with van der Waals surface area (Å²) in [5.74, 6) is 1.81. The molecule has 0 aromatic rings. The summed E-state index contributed by atoms with van der Waals surface area (Å²) in [4.78, 5) is 0. The molecule has 0 aliphatic heterocycles. The first-order chi connectivity index (χ1) is 4.13. The van der Waals surface area contributed by atoms with Crippen LogP contribution in [0.5, 0.6) is 0 Å². The van der Waals surface area contributed by atoms with Crippen LogP contribution in [-0.2, 0) is 0 Å². The Morgan fingerprint density at radius 1 is 0.889 bits per heavy atom. The maximum atomic E-state index is 2.30.